The Balaban J connectivity index is 1.46. The molecule has 4 heterocycles. The summed E-state index contributed by atoms with van der Waals surface area (Å²) >= 11 is 0. The average molecular weight is 404 g/mol. The van der Waals surface area contributed by atoms with Crippen LogP contribution in [0.2, 0.25) is 0 Å². The Hall–Kier alpha value is -3.55. The van der Waals surface area contributed by atoms with Crippen molar-refractivity contribution in [3.63, 3.8) is 0 Å². The third-order valence-corrected chi connectivity index (χ3v) is 5.36. The van der Waals surface area contributed by atoms with Gasteiger partial charge in [-0.2, -0.15) is 0 Å². The zero-order valence-electron chi connectivity index (χ0n) is 16.9. The van der Waals surface area contributed by atoms with E-state index in [2.05, 4.69) is 25.2 Å². The van der Waals surface area contributed by atoms with Crippen molar-refractivity contribution in [2.75, 3.05) is 24.5 Å². The van der Waals surface area contributed by atoms with Crippen LogP contribution in [0.15, 0.2) is 60.0 Å². The van der Waals surface area contributed by atoms with Crippen molar-refractivity contribution in [3.8, 4) is 5.69 Å². The minimum absolute atomic E-state index is 0.167. The lowest BCUT2D eigenvalue weighted by Crippen LogP contribution is -2.42. The van der Waals surface area contributed by atoms with E-state index in [1.54, 1.807) is 62.2 Å². The van der Waals surface area contributed by atoms with Crippen LogP contribution in [0.25, 0.3) is 5.69 Å². The molecule has 1 N–H and O–H groups in total. The number of nitrogens with one attached hydrogen (secondary N) is 1. The summed E-state index contributed by atoms with van der Waals surface area (Å²) in [5, 5.41) is 2.97. The first-order valence-corrected chi connectivity index (χ1v) is 10.1. The number of amides is 1. The van der Waals surface area contributed by atoms with Gasteiger partial charge in [-0.05, 0) is 55.5 Å². The van der Waals surface area contributed by atoms with Crippen molar-refractivity contribution < 1.29 is 4.79 Å². The van der Waals surface area contributed by atoms with Gasteiger partial charge in [-0.3, -0.25) is 19.1 Å². The van der Waals surface area contributed by atoms with E-state index < -0.39 is 0 Å². The van der Waals surface area contributed by atoms with Crippen LogP contribution in [-0.4, -0.2) is 45.1 Å². The summed E-state index contributed by atoms with van der Waals surface area (Å²) in [4.78, 5) is 40.7. The van der Waals surface area contributed by atoms with Crippen molar-refractivity contribution in [2.24, 2.45) is 5.92 Å². The first-order chi connectivity index (χ1) is 14.6. The number of anilines is 1. The molecular weight excluding hydrogens is 380 g/mol. The molecule has 1 saturated heterocycles. The molecule has 154 valence electrons. The number of nitrogens with zero attached hydrogens (tertiary/aromatic N) is 5. The molecule has 4 rings (SSSR count). The van der Waals surface area contributed by atoms with Gasteiger partial charge in [0.2, 0.25) is 5.95 Å². The van der Waals surface area contributed by atoms with Crippen LogP contribution in [0, 0.1) is 12.8 Å². The summed E-state index contributed by atoms with van der Waals surface area (Å²) in [5.74, 6) is 0.645. The largest absolute Gasteiger partial charge is 0.352 e. The van der Waals surface area contributed by atoms with Crippen molar-refractivity contribution in [1.29, 1.82) is 0 Å². The van der Waals surface area contributed by atoms with Crippen LogP contribution in [0.3, 0.4) is 0 Å². The summed E-state index contributed by atoms with van der Waals surface area (Å²) in [6.07, 6.45) is 10.4. The Morgan fingerprint density at radius 3 is 2.80 bits per heavy atom. The van der Waals surface area contributed by atoms with Crippen LogP contribution < -0.4 is 15.8 Å². The molecule has 1 aliphatic rings. The molecule has 1 amide bonds. The maximum Gasteiger partial charge on any atom is 0.268 e. The van der Waals surface area contributed by atoms with Crippen molar-refractivity contribution in [1.82, 2.24) is 24.8 Å². The molecule has 0 radical (unpaired) electrons. The normalized spacial score (nSPS) is 16.3. The van der Waals surface area contributed by atoms with Crippen molar-refractivity contribution >= 4 is 11.9 Å². The smallest absolute Gasteiger partial charge is 0.268 e. The number of piperidine rings is 1. The van der Waals surface area contributed by atoms with Gasteiger partial charge in [0.15, 0.2) is 0 Å². The fourth-order valence-corrected chi connectivity index (χ4v) is 3.80. The molecule has 0 aromatic carbocycles. The molecule has 3 aromatic heterocycles. The molecule has 1 atom stereocenters. The van der Waals surface area contributed by atoms with Crippen molar-refractivity contribution in [3.05, 3.63) is 76.7 Å². The summed E-state index contributed by atoms with van der Waals surface area (Å²) in [6.45, 7) is 3.96. The second kappa shape index (κ2) is 8.86. The highest BCUT2D eigenvalue weighted by molar-refractivity contribution is 5.95. The Kier molecular flexibility index (Phi) is 5.83. The molecule has 30 heavy (non-hydrogen) atoms. The number of carbonyl (C=O) groups is 1. The van der Waals surface area contributed by atoms with E-state index in [-0.39, 0.29) is 22.9 Å². The summed E-state index contributed by atoms with van der Waals surface area (Å²) in [7, 11) is 0. The fraction of sp³-hybridized carbons (Fsp3) is 0.318. The number of hydrogen-bond acceptors (Lipinski definition) is 6. The minimum atomic E-state index is -0.344. The Labute approximate surface area is 174 Å². The highest BCUT2D eigenvalue weighted by Gasteiger charge is 2.23. The number of rotatable bonds is 5. The van der Waals surface area contributed by atoms with Crippen LogP contribution in [0.1, 0.15) is 28.8 Å². The molecule has 1 fully saturated rings. The number of hydrogen-bond donors (Lipinski definition) is 1. The standard InChI is InChI=1S/C22H24N6O2/c1-16-7-12-28(18-6-2-8-23-14-18)21(30)19(16)20(29)26-13-17-5-3-11-27(15-17)22-24-9-4-10-25-22/h2,4,6-10,12,14,17H,3,5,11,13,15H2,1H3,(H,26,29). The van der Waals surface area contributed by atoms with E-state index in [9.17, 15) is 9.59 Å². The van der Waals surface area contributed by atoms with E-state index in [1.807, 2.05) is 0 Å². The highest BCUT2D eigenvalue weighted by Crippen LogP contribution is 2.19. The van der Waals surface area contributed by atoms with E-state index >= 15 is 0 Å². The summed E-state index contributed by atoms with van der Waals surface area (Å²) < 4.78 is 1.45. The van der Waals surface area contributed by atoms with Crippen LogP contribution >= 0.6 is 0 Å². The Morgan fingerprint density at radius 2 is 2.03 bits per heavy atom. The van der Waals surface area contributed by atoms with Gasteiger partial charge in [-0.25, -0.2) is 9.97 Å². The van der Waals surface area contributed by atoms with E-state index in [1.165, 1.54) is 4.57 Å². The Morgan fingerprint density at radius 1 is 1.20 bits per heavy atom. The predicted octanol–water partition coefficient (Wildman–Crippen LogP) is 1.98. The second-order valence-corrected chi connectivity index (χ2v) is 7.47. The van der Waals surface area contributed by atoms with Gasteiger partial charge in [-0.15, -0.1) is 0 Å². The molecular formula is C22H24N6O2. The van der Waals surface area contributed by atoms with Gasteiger partial charge in [-0.1, -0.05) is 0 Å². The number of pyridine rings is 2. The maximum absolute atomic E-state index is 13.0. The maximum atomic E-state index is 13.0. The molecule has 1 unspecified atom stereocenters. The van der Waals surface area contributed by atoms with E-state index in [4.69, 9.17) is 0 Å². The zero-order chi connectivity index (χ0) is 20.9. The Bertz CT molecular complexity index is 1070. The first-order valence-electron chi connectivity index (χ1n) is 10.1. The quantitative estimate of drug-likeness (QED) is 0.699. The summed E-state index contributed by atoms with van der Waals surface area (Å²) in [5.41, 5.74) is 1.10. The number of aryl methyl sites for hydroxylation is 1. The molecule has 0 spiro atoms. The predicted molar refractivity (Wildman–Crippen MR) is 114 cm³/mol. The number of aromatic nitrogens is 4. The monoisotopic (exact) mass is 404 g/mol. The van der Waals surface area contributed by atoms with Gasteiger partial charge in [0.1, 0.15) is 5.56 Å². The SMILES string of the molecule is Cc1ccn(-c2cccnc2)c(=O)c1C(=O)NCC1CCCN(c2ncccn2)C1. The molecule has 8 heteroatoms. The van der Waals surface area contributed by atoms with Crippen molar-refractivity contribution in [2.45, 2.75) is 19.8 Å². The molecule has 8 nitrogen and oxygen atoms in total. The van der Waals surface area contributed by atoms with Gasteiger partial charge >= 0.3 is 0 Å². The fourth-order valence-electron chi connectivity index (χ4n) is 3.80. The third kappa shape index (κ3) is 4.22. The van der Waals surface area contributed by atoms with Gasteiger partial charge < -0.3 is 10.2 Å². The number of carbonyl (C=O) groups excluding carboxylic acids is 1. The van der Waals surface area contributed by atoms with E-state index in [0.717, 1.165) is 25.9 Å². The molecule has 0 saturated carbocycles. The second-order valence-electron chi connectivity index (χ2n) is 7.47. The molecule has 0 aliphatic carbocycles. The highest BCUT2D eigenvalue weighted by atomic mass is 16.2. The molecule has 1 aliphatic heterocycles. The van der Waals surface area contributed by atoms with Crippen LogP contribution in [0.4, 0.5) is 5.95 Å². The van der Waals surface area contributed by atoms with Gasteiger partial charge in [0.05, 0.1) is 11.9 Å². The zero-order valence-corrected chi connectivity index (χ0v) is 16.9. The lowest BCUT2D eigenvalue weighted by molar-refractivity contribution is 0.0943. The van der Waals surface area contributed by atoms with Crippen LogP contribution in [0.5, 0.6) is 0 Å². The summed E-state index contributed by atoms with van der Waals surface area (Å²) in [6, 6.07) is 7.12. The average Bonchev–Trinajstić information content (AvgIpc) is 2.79. The lowest BCUT2D eigenvalue weighted by Gasteiger charge is -2.32. The third-order valence-electron chi connectivity index (χ3n) is 5.36. The molecule has 3 aromatic rings. The lowest BCUT2D eigenvalue weighted by atomic mass is 9.98. The molecule has 0 bridgehead atoms. The minimum Gasteiger partial charge on any atom is -0.352 e. The first kappa shape index (κ1) is 19.8. The van der Waals surface area contributed by atoms with Gasteiger partial charge in [0, 0.05) is 44.4 Å². The van der Waals surface area contributed by atoms with Crippen LogP contribution in [-0.2, 0) is 0 Å². The van der Waals surface area contributed by atoms with Gasteiger partial charge in [0.25, 0.3) is 11.5 Å². The topological polar surface area (TPSA) is 93.0 Å². The van der Waals surface area contributed by atoms with E-state index in [0.29, 0.717) is 23.7 Å².